The Labute approximate surface area is 211 Å². The molecule has 1 saturated heterocycles. The van der Waals surface area contributed by atoms with Gasteiger partial charge in [-0.1, -0.05) is 62.4 Å². The fourth-order valence-corrected chi connectivity index (χ4v) is 4.51. The quantitative estimate of drug-likeness (QED) is 0.342. The molecule has 0 spiro atoms. The summed E-state index contributed by atoms with van der Waals surface area (Å²) in [5.41, 5.74) is 4.99. The van der Waals surface area contributed by atoms with Crippen LogP contribution in [0.25, 0.3) is 21.9 Å². The van der Waals surface area contributed by atoms with Gasteiger partial charge in [-0.3, -0.25) is 15.2 Å². The molecule has 5 rings (SSSR count). The van der Waals surface area contributed by atoms with Crippen LogP contribution in [0.4, 0.5) is 10.5 Å². The van der Waals surface area contributed by atoms with Crippen LogP contribution in [0.15, 0.2) is 79.0 Å². The number of fused-ring (bicyclic) bond motifs is 1. The Balaban J connectivity index is 1.34. The summed E-state index contributed by atoms with van der Waals surface area (Å²) in [5, 5.41) is 4.91. The predicted molar refractivity (Wildman–Crippen MR) is 143 cm³/mol. The minimum atomic E-state index is -0.511. The van der Waals surface area contributed by atoms with Gasteiger partial charge in [-0.05, 0) is 46.7 Å². The van der Waals surface area contributed by atoms with Crippen molar-refractivity contribution >= 4 is 22.6 Å². The van der Waals surface area contributed by atoms with Crippen molar-refractivity contribution in [3.63, 3.8) is 0 Å². The molecule has 0 aliphatic carbocycles. The monoisotopic (exact) mass is 481 g/mol. The van der Waals surface area contributed by atoms with Crippen LogP contribution in [-0.2, 0) is 11.3 Å². The highest BCUT2D eigenvalue weighted by Gasteiger charge is 2.14. The van der Waals surface area contributed by atoms with E-state index in [1.165, 1.54) is 0 Å². The first-order chi connectivity index (χ1) is 17.6. The molecule has 3 aromatic carbocycles. The predicted octanol–water partition coefficient (Wildman–Crippen LogP) is 6.47. The van der Waals surface area contributed by atoms with Gasteiger partial charge >= 0.3 is 6.09 Å². The summed E-state index contributed by atoms with van der Waals surface area (Å²) in [6.45, 7) is 8.49. The number of rotatable bonds is 6. The molecule has 0 bridgehead atoms. The first kappa shape index (κ1) is 24.0. The lowest BCUT2D eigenvalue weighted by atomic mass is 9.98. The Morgan fingerprint density at radius 2 is 1.81 bits per heavy atom. The van der Waals surface area contributed by atoms with Crippen LogP contribution in [0.2, 0.25) is 0 Å². The molecule has 0 atom stereocenters. The highest BCUT2D eigenvalue weighted by atomic mass is 16.6. The normalized spacial score (nSPS) is 14.2. The van der Waals surface area contributed by atoms with Gasteiger partial charge in [0.05, 0.1) is 24.6 Å². The molecule has 184 valence electrons. The number of ether oxygens (including phenoxy) is 2. The highest BCUT2D eigenvalue weighted by Crippen LogP contribution is 2.33. The van der Waals surface area contributed by atoms with Gasteiger partial charge in [0.1, 0.15) is 5.75 Å². The molecular formula is C30H31N3O3. The summed E-state index contributed by atoms with van der Waals surface area (Å²) >= 11 is 0. The van der Waals surface area contributed by atoms with Crippen LogP contribution >= 0.6 is 0 Å². The molecule has 6 nitrogen and oxygen atoms in total. The average Bonchev–Trinajstić information content (AvgIpc) is 2.90. The minimum Gasteiger partial charge on any atom is -0.410 e. The van der Waals surface area contributed by atoms with Gasteiger partial charge in [0.2, 0.25) is 0 Å². The van der Waals surface area contributed by atoms with Crippen LogP contribution in [-0.4, -0.2) is 42.3 Å². The van der Waals surface area contributed by atoms with Gasteiger partial charge in [0.15, 0.2) is 0 Å². The van der Waals surface area contributed by atoms with Crippen LogP contribution < -0.4 is 10.1 Å². The van der Waals surface area contributed by atoms with Crippen molar-refractivity contribution in [2.45, 2.75) is 26.3 Å². The Morgan fingerprint density at radius 3 is 2.56 bits per heavy atom. The largest absolute Gasteiger partial charge is 0.417 e. The summed E-state index contributed by atoms with van der Waals surface area (Å²) in [6, 6.07) is 23.8. The molecule has 36 heavy (non-hydrogen) atoms. The third kappa shape index (κ3) is 5.56. The second-order valence-corrected chi connectivity index (χ2v) is 9.37. The van der Waals surface area contributed by atoms with E-state index in [2.05, 4.69) is 42.3 Å². The topological polar surface area (TPSA) is 63.7 Å². The molecule has 1 N–H and O–H groups in total. The van der Waals surface area contributed by atoms with Gasteiger partial charge in [-0.2, -0.15) is 0 Å². The number of nitrogens with one attached hydrogen (secondary N) is 1. The van der Waals surface area contributed by atoms with E-state index in [0.29, 0.717) is 17.4 Å². The molecule has 1 aliphatic heterocycles. The number of amides is 1. The summed E-state index contributed by atoms with van der Waals surface area (Å²) in [4.78, 5) is 19.8. The third-order valence-electron chi connectivity index (χ3n) is 6.52. The Morgan fingerprint density at radius 1 is 1.00 bits per heavy atom. The van der Waals surface area contributed by atoms with Crippen LogP contribution in [0.1, 0.15) is 31.0 Å². The lowest BCUT2D eigenvalue weighted by Gasteiger charge is -2.26. The lowest BCUT2D eigenvalue weighted by molar-refractivity contribution is 0.0336. The minimum absolute atomic E-state index is 0.357. The molecule has 0 saturated carbocycles. The van der Waals surface area contributed by atoms with Crippen molar-refractivity contribution in [2.24, 2.45) is 0 Å². The number of hydrogen-bond donors (Lipinski definition) is 1. The van der Waals surface area contributed by atoms with Crippen LogP contribution in [0.5, 0.6) is 5.75 Å². The molecule has 1 amide bonds. The summed E-state index contributed by atoms with van der Waals surface area (Å²) in [5.74, 6) is 0.888. The van der Waals surface area contributed by atoms with E-state index in [4.69, 9.17) is 14.5 Å². The summed E-state index contributed by atoms with van der Waals surface area (Å²) in [7, 11) is 0. The number of carbonyl (C=O) groups excluding carboxylic acids is 1. The van der Waals surface area contributed by atoms with Crippen molar-refractivity contribution in [2.75, 3.05) is 31.6 Å². The van der Waals surface area contributed by atoms with E-state index in [0.717, 1.165) is 66.0 Å². The fourth-order valence-electron chi connectivity index (χ4n) is 4.51. The van der Waals surface area contributed by atoms with Gasteiger partial charge < -0.3 is 9.47 Å². The van der Waals surface area contributed by atoms with E-state index < -0.39 is 6.09 Å². The molecule has 6 heteroatoms. The van der Waals surface area contributed by atoms with Gasteiger partial charge in [0.25, 0.3) is 0 Å². The molecule has 1 aliphatic rings. The number of anilines is 1. The zero-order valence-corrected chi connectivity index (χ0v) is 20.7. The van der Waals surface area contributed by atoms with Gasteiger partial charge in [-0.15, -0.1) is 0 Å². The zero-order valence-electron chi connectivity index (χ0n) is 20.7. The molecular weight excluding hydrogens is 450 g/mol. The first-order valence-electron chi connectivity index (χ1n) is 12.4. The Kier molecular flexibility index (Phi) is 7.26. The number of pyridine rings is 1. The number of carbonyl (C=O) groups is 1. The van der Waals surface area contributed by atoms with Crippen LogP contribution in [0.3, 0.4) is 0 Å². The standard InChI is InChI=1S/C30H31N3O3/c1-21(2)22-6-5-7-25(18-22)36-30(34)32-29-13-12-26(27-8-3-4-9-28(27)29)23-10-11-24(31-19-23)20-33-14-16-35-17-15-33/h3-13,18-19,21H,14-17,20H2,1-2H3,(H,32,34). The van der Waals surface area contributed by atoms with E-state index in [1.807, 2.05) is 54.7 Å². The Bertz CT molecular complexity index is 1350. The number of hydrogen-bond acceptors (Lipinski definition) is 5. The molecule has 1 aromatic heterocycles. The van der Waals surface area contributed by atoms with E-state index in [1.54, 1.807) is 6.07 Å². The number of benzene rings is 3. The molecule has 2 heterocycles. The SMILES string of the molecule is CC(C)c1cccc(OC(=O)Nc2ccc(-c3ccc(CN4CCOCC4)nc3)c3ccccc23)c1. The summed E-state index contributed by atoms with van der Waals surface area (Å²) in [6.07, 6.45) is 1.42. The average molecular weight is 482 g/mol. The number of morpholine rings is 1. The molecule has 0 unspecified atom stereocenters. The molecule has 1 fully saturated rings. The van der Waals surface area contributed by atoms with Crippen molar-refractivity contribution in [3.8, 4) is 16.9 Å². The third-order valence-corrected chi connectivity index (χ3v) is 6.52. The number of nitrogens with zero attached hydrogens (tertiary/aromatic N) is 2. The molecule has 4 aromatic rings. The van der Waals surface area contributed by atoms with Crippen LogP contribution in [0, 0.1) is 0 Å². The maximum atomic E-state index is 12.7. The first-order valence-corrected chi connectivity index (χ1v) is 12.4. The highest BCUT2D eigenvalue weighted by molar-refractivity contribution is 6.06. The number of aromatic nitrogens is 1. The zero-order chi connectivity index (χ0) is 24.9. The summed E-state index contributed by atoms with van der Waals surface area (Å²) < 4.78 is 11.0. The molecule has 0 radical (unpaired) electrons. The van der Waals surface area contributed by atoms with E-state index >= 15 is 0 Å². The lowest BCUT2D eigenvalue weighted by Crippen LogP contribution is -2.35. The van der Waals surface area contributed by atoms with Crippen molar-refractivity contribution in [1.29, 1.82) is 0 Å². The fraction of sp³-hybridized carbons (Fsp3) is 0.267. The van der Waals surface area contributed by atoms with Gasteiger partial charge in [0, 0.05) is 36.8 Å². The van der Waals surface area contributed by atoms with Crippen molar-refractivity contribution in [1.82, 2.24) is 9.88 Å². The van der Waals surface area contributed by atoms with E-state index in [9.17, 15) is 4.79 Å². The maximum Gasteiger partial charge on any atom is 0.417 e. The van der Waals surface area contributed by atoms with Gasteiger partial charge in [-0.25, -0.2) is 4.79 Å². The van der Waals surface area contributed by atoms with E-state index in [-0.39, 0.29) is 0 Å². The second-order valence-electron chi connectivity index (χ2n) is 9.37. The maximum absolute atomic E-state index is 12.7. The smallest absolute Gasteiger partial charge is 0.410 e. The van der Waals surface area contributed by atoms with Crippen molar-refractivity contribution in [3.05, 3.63) is 90.3 Å². The van der Waals surface area contributed by atoms with Crippen molar-refractivity contribution < 1.29 is 14.3 Å². The Hall–Kier alpha value is -3.74. The second kappa shape index (κ2) is 10.9.